The second kappa shape index (κ2) is 5.63. The van der Waals surface area contributed by atoms with Crippen LogP contribution < -0.4 is 4.72 Å². The van der Waals surface area contributed by atoms with Gasteiger partial charge in [0.1, 0.15) is 0 Å². The molecular formula is C13H14ClNO2S2. The Morgan fingerprint density at radius 1 is 1.21 bits per heavy atom. The molecule has 0 aliphatic carbocycles. The lowest BCUT2D eigenvalue weighted by molar-refractivity contribution is 0.568. The smallest absolute Gasteiger partial charge is 0.207 e. The van der Waals surface area contributed by atoms with Crippen molar-refractivity contribution in [3.05, 3.63) is 51.2 Å². The van der Waals surface area contributed by atoms with Crippen LogP contribution >= 0.6 is 22.9 Å². The third-order valence-electron chi connectivity index (χ3n) is 2.74. The van der Waals surface area contributed by atoms with Crippen molar-refractivity contribution in [2.24, 2.45) is 0 Å². The van der Waals surface area contributed by atoms with Crippen molar-refractivity contribution in [3.63, 3.8) is 0 Å². The van der Waals surface area contributed by atoms with Crippen LogP contribution in [-0.4, -0.2) is 8.42 Å². The Kier molecular flexibility index (Phi) is 4.30. The average molecular weight is 316 g/mol. The van der Waals surface area contributed by atoms with Crippen LogP contribution in [0.5, 0.6) is 0 Å². The van der Waals surface area contributed by atoms with E-state index in [1.54, 1.807) is 38.1 Å². The van der Waals surface area contributed by atoms with E-state index in [2.05, 4.69) is 4.72 Å². The number of sulfonamides is 1. The molecule has 1 N–H and O–H groups in total. The molecule has 0 saturated heterocycles. The third-order valence-corrected chi connectivity index (χ3v) is 5.85. The number of aryl methyl sites for hydroxylation is 1. The zero-order valence-corrected chi connectivity index (χ0v) is 12.9. The van der Waals surface area contributed by atoms with E-state index in [1.807, 2.05) is 12.1 Å². The fourth-order valence-corrected chi connectivity index (χ4v) is 4.38. The first-order valence-electron chi connectivity index (χ1n) is 5.73. The molecule has 1 aromatic heterocycles. The van der Waals surface area contributed by atoms with Gasteiger partial charge in [-0.05, 0) is 37.6 Å². The molecule has 0 aliphatic rings. The van der Waals surface area contributed by atoms with Gasteiger partial charge in [0, 0.05) is 4.88 Å². The number of hydrogen-bond acceptors (Lipinski definition) is 3. The van der Waals surface area contributed by atoms with Gasteiger partial charge in [-0.2, -0.15) is 0 Å². The first-order valence-corrected chi connectivity index (χ1v) is 8.41. The van der Waals surface area contributed by atoms with Gasteiger partial charge in [-0.3, -0.25) is 0 Å². The van der Waals surface area contributed by atoms with Crippen LogP contribution in [0.25, 0.3) is 0 Å². The normalized spacial score (nSPS) is 13.4. The number of hydrogen-bond donors (Lipinski definition) is 1. The van der Waals surface area contributed by atoms with Gasteiger partial charge < -0.3 is 0 Å². The van der Waals surface area contributed by atoms with E-state index in [-0.39, 0.29) is 6.04 Å². The van der Waals surface area contributed by atoms with E-state index in [0.717, 1.165) is 10.4 Å². The fourth-order valence-electron chi connectivity index (χ4n) is 1.77. The molecule has 1 unspecified atom stereocenters. The van der Waals surface area contributed by atoms with Gasteiger partial charge in [0.15, 0.2) is 0 Å². The number of rotatable bonds is 4. The summed E-state index contributed by atoms with van der Waals surface area (Å²) in [7, 11) is -3.52. The zero-order valence-electron chi connectivity index (χ0n) is 10.6. The van der Waals surface area contributed by atoms with Crippen molar-refractivity contribution in [2.75, 3.05) is 0 Å². The van der Waals surface area contributed by atoms with Crippen LogP contribution in [0.15, 0.2) is 41.3 Å². The summed E-state index contributed by atoms with van der Waals surface area (Å²) in [6, 6.07) is 10.2. The van der Waals surface area contributed by atoms with E-state index in [9.17, 15) is 8.42 Å². The highest BCUT2D eigenvalue weighted by Crippen LogP contribution is 2.28. The summed E-state index contributed by atoms with van der Waals surface area (Å²) >= 11 is 7.23. The largest absolute Gasteiger partial charge is 0.241 e. The van der Waals surface area contributed by atoms with E-state index in [4.69, 9.17) is 11.6 Å². The highest BCUT2D eigenvalue weighted by Gasteiger charge is 2.20. The minimum Gasteiger partial charge on any atom is -0.207 e. The highest BCUT2D eigenvalue weighted by atomic mass is 35.5. The van der Waals surface area contributed by atoms with Crippen LogP contribution in [0.3, 0.4) is 0 Å². The maximum Gasteiger partial charge on any atom is 0.241 e. The van der Waals surface area contributed by atoms with Crippen LogP contribution in [0.4, 0.5) is 0 Å². The van der Waals surface area contributed by atoms with Gasteiger partial charge in [0.05, 0.1) is 15.3 Å². The van der Waals surface area contributed by atoms with Crippen molar-refractivity contribution >= 4 is 33.0 Å². The standard InChI is InChI=1S/C13H14ClNO2S2/c1-9-5-3-4-6-12(9)19(16,17)15-10(2)11-7-8-13(14)18-11/h3-8,10,15H,1-2H3. The van der Waals surface area contributed by atoms with Crippen molar-refractivity contribution in [1.82, 2.24) is 4.72 Å². The maximum atomic E-state index is 12.3. The highest BCUT2D eigenvalue weighted by molar-refractivity contribution is 7.89. The van der Waals surface area contributed by atoms with E-state index in [0.29, 0.717) is 9.23 Å². The molecule has 6 heteroatoms. The maximum absolute atomic E-state index is 12.3. The number of thiophene rings is 1. The van der Waals surface area contributed by atoms with Crippen LogP contribution in [0.2, 0.25) is 4.34 Å². The molecular weight excluding hydrogens is 302 g/mol. The monoisotopic (exact) mass is 315 g/mol. The summed E-state index contributed by atoms with van der Waals surface area (Å²) in [6.45, 7) is 3.58. The lowest BCUT2D eigenvalue weighted by Gasteiger charge is -2.14. The zero-order chi connectivity index (χ0) is 14.0. The summed E-state index contributed by atoms with van der Waals surface area (Å²) in [4.78, 5) is 1.20. The van der Waals surface area contributed by atoms with Crippen molar-refractivity contribution in [3.8, 4) is 0 Å². The first kappa shape index (κ1) is 14.5. The summed E-state index contributed by atoms with van der Waals surface area (Å²) in [5.41, 5.74) is 0.728. The lowest BCUT2D eigenvalue weighted by atomic mass is 10.2. The molecule has 0 fully saturated rings. The Bertz CT molecular complexity index is 679. The molecule has 0 aliphatic heterocycles. The summed E-state index contributed by atoms with van der Waals surface area (Å²) in [5, 5.41) is 0. The molecule has 2 rings (SSSR count). The molecule has 0 spiro atoms. The van der Waals surface area contributed by atoms with Crippen molar-refractivity contribution in [2.45, 2.75) is 24.8 Å². The predicted octanol–water partition coefficient (Wildman–Crippen LogP) is 3.75. The second-order valence-corrected chi connectivity index (χ2v) is 7.68. The minimum atomic E-state index is -3.52. The molecule has 19 heavy (non-hydrogen) atoms. The van der Waals surface area contributed by atoms with Gasteiger partial charge >= 0.3 is 0 Å². The van der Waals surface area contributed by atoms with Gasteiger partial charge in [-0.25, -0.2) is 13.1 Å². The van der Waals surface area contributed by atoms with E-state index in [1.165, 1.54) is 11.3 Å². The SMILES string of the molecule is Cc1ccccc1S(=O)(=O)NC(C)c1ccc(Cl)s1. The quantitative estimate of drug-likeness (QED) is 0.934. The van der Waals surface area contributed by atoms with Crippen LogP contribution in [0.1, 0.15) is 23.4 Å². The van der Waals surface area contributed by atoms with Gasteiger partial charge in [-0.15, -0.1) is 11.3 Å². The van der Waals surface area contributed by atoms with Crippen LogP contribution in [0, 0.1) is 6.92 Å². The minimum absolute atomic E-state index is 0.304. The van der Waals surface area contributed by atoms with E-state index >= 15 is 0 Å². The van der Waals surface area contributed by atoms with Gasteiger partial charge in [-0.1, -0.05) is 29.8 Å². The molecule has 0 amide bonds. The molecule has 3 nitrogen and oxygen atoms in total. The molecule has 0 radical (unpaired) electrons. The average Bonchev–Trinajstić information content (AvgIpc) is 2.76. The van der Waals surface area contributed by atoms with Gasteiger partial charge in [0.25, 0.3) is 0 Å². The molecule has 1 aromatic carbocycles. The number of halogens is 1. The van der Waals surface area contributed by atoms with Crippen molar-refractivity contribution < 1.29 is 8.42 Å². The van der Waals surface area contributed by atoms with E-state index < -0.39 is 10.0 Å². The Morgan fingerprint density at radius 3 is 2.47 bits per heavy atom. The Balaban J connectivity index is 2.25. The Morgan fingerprint density at radius 2 is 1.89 bits per heavy atom. The topological polar surface area (TPSA) is 46.2 Å². The second-order valence-electron chi connectivity index (χ2n) is 4.25. The summed E-state index contributed by atoms with van der Waals surface area (Å²) < 4.78 is 27.9. The number of nitrogens with one attached hydrogen (secondary N) is 1. The van der Waals surface area contributed by atoms with Gasteiger partial charge in [0.2, 0.25) is 10.0 Å². The fraction of sp³-hybridized carbons (Fsp3) is 0.231. The Labute approximate surface area is 122 Å². The first-order chi connectivity index (χ1) is 8.90. The molecule has 0 bridgehead atoms. The third kappa shape index (κ3) is 3.36. The summed E-state index contributed by atoms with van der Waals surface area (Å²) in [6.07, 6.45) is 0. The molecule has 1 heterocycles. The molecule has 0 saturated carbocycles. The molecule has 102 valence electrons. The lowest BCUT2D eigenvalue weighted by Crippen LogP contribution is -2.26. The van der Waals surface area contributed by atoms with Crippen LogP contribution in [-0.2, 0) is 10.0 Å². The summed E-state index contributed by atoms with van der Waals surface area (Å²) in [5.74, 6) is 0. The van der Waals surface area contributed by atoms with Crippen molar-refractivity contribution in [1.29, 1.82) is 0 Å². The molecule has 2 aromatic rings. The Hall–Kier alpha value is -0.880. The molecule has 1 atom stereocenters. The predicted molar refractivity (Wildman–Crippen MR) is 79.2 cm³/mol. The number of benzene rings is 1.